The van der Waals surface area contributed by atoms with E-state index in [2.05, 4.69) is 44.6 Å². The summed E-state index contributed by atoms with van der Waals surface area (Å²) in [5.41, 5.74) is 3.24. The van der Waals surface area contributed by atoms with Crippen LogP contribution in [0.25, 0.3) is 0 Å². The van der Waals surface area contributed by atoms with Crippen LogP contribution < -0.4 is 5.32 Å². The van der Waals surface area contributed by atoms with E-state index in [-0.39, 0.29) is 0 Å². The van der Waals surface area contributed by atoms with Crippen LogP contribution in [0.3, 0.4) is 0 Å². The first kappa shape index (κ1) is 12.2. The van der Waals surface area contributed by atoms with Crippen LogP contribution in [0.1, 0.15) is 23.4 Å². The van der Waals surface area contributed by atoms with E-state index in [9.17, 15) is 0 Å². The van der Waals surface area contributed by atoms with Crippen LogP contribution in [0, 0.1) is 0 Å². The molecule has 0 bridgehead atoms. The van der Waals surface area contributed by atoms with Gasteiger partial charge in [-0.05, 0) is 39.5 Å². The molecule has 0 aliphatic rings. The van der Waals surface area contributed by atoms with Gasteiger partial charge >= 0.3 is 0 Å². The van der Waals surface area contributed by atoms with E-state index in [1.165, 1.54) is 14.2 Å². The van der Waals surface area contributed by atoms with Crippen molar-refractivity contribution in [3.63, 3.8) is 0 Å². The fourth-order valence-electron chi connectivity index (χ4n) is 1.60. The number of rotatable bonds is 5. The molecule has 0 aliphatic carbocycles. The molecule has 1 unspecified atom stereocenters. The summed E-state index contributed by atoms with van der Waals surface area (Å²) in [5, 5.41) is 5.72. The third-order valence-electron chi connectivity index (χ3n) is 2.33. The number of nitrogens with zero attached hydrogens (tertiary/aromatic N) is 1. The molecule has 2 heterocycles. The fourth-order valence-corrected chi connectivity index (χ4v) is 3.48. The Balaban J connectivity index is 2.11. The highest BCUT2D eigenvalue weighted by Crippen LogP contribution is 2.28. The van der Waals surface area contributed by atoms with Crippen LogP contribution in [0.15, 0.2) is 26.9 Å². The van der Waals surface area contributed by atoms with E-state index in [0.717, 1.165) is 13.0 Å². The Kier molecular flexibility index (Phi) is 4.52. The van der Waals surface area contributed by atoms with Crippen LogP contribution >= 0.6 is 38.6 Å². The van der Waals surface area contributed by atoms with E-state index in [0.29, 0.717) is 6.04 Å². The predicted octanol–water partition coefficient (Wildman–Crippen LogP) is 3.86. The van der Waals surface area contributed by atoms with Crippen LogP contribution in [0.4, 0.5) is 0 Å². The van der Waals surface area contributed by atoms with Crippen molar-refractivity contribution >= 4 is 38.6 Å². The maximum absolute atomic E-state index is 4.12. The first-order chi connectivity index (χ1) is 7.79. The lowest BCUT2D eigenvalue weighted by atomic mass is 10.1. The fraction of sp³-hybridized carbons (Fsp3) is 0.364. The van der Waals surface area contributed by atoms with Gasteiger partial charge in [-0.2, -0.15) is 0 Å². The van der Waals surface area contributed by atoms with Gasteiger partial charge in [-0.1, -0.05) is 6.92 Å². The van der Waals surface area contributed by atoms with Gasteiger partial charge in [-0.25, -0.2) is 0 Å². The van der Waals surface area contributed by atoms with Gasteiger partial charge in [0.25, 0.3) is 0 Å². The summed E-state index contributed by atoms with van der Waals surface area (Å²) < 4.78 is 1.19. The number of hydrogen-bond donors (Lipinski definition) is 1. The van der Waals surface area contributed by atoms with Gasteiger partial charge < -0.3 is 5.32 Å². The molecule has 5 heteroatoms. The number of thiophene rings is 1. The second kappa shape index (κ2) is 5.91. The number of likely N-dealkylation sites (N-methyl/N-ethyl adjacent to an activating group) is 1. The summed E-state index contributed by atoms with van der Waals surface area (Å²) in [6.07, 6.45) is 2.97. The van der Waals surface area contributed by atoms with Crippen molar-refractivity contribution in [2.24, 2.45) is 0 Å². The molecule has 0 amide bonds. The topological polar surface area (TPSA) is 24.9 Å². The highest BCUT2D eigenvalue weighted by molar-refractivity contribution is 9.11. The number of thiazole rings is 1. The number of halogens is 1. The van der Waals surface area contributed by atoms with E-state index < -0.39 is 0 Å². The first-order valence-electron chi connectivity index (χ1n) is 5.14. The SMILES string of the molecule is CCNC(Cc1cncs1)c1csc(Br)c1. The van der Waals surface area contributed by atoms with Crippen molar-refractivity contribution in [3.8, 4) is 0 Å². The van der Waals surface area contributed by atoms with Gasteiger partial charge in [0.2, 0.25) is 0 Å². The van der Waals surface area contributed by atoms with Crippen molar-refractivity contribution in [2.45, 2.75) is 19.4 Å². The van der Waals surface area contributed by atoms with Gasteiger partial charge in [0, 0.05) is 23.5 Å². The average molecular weight is 317 g/mol. The highest BCUT2D eigenvalue weighted by atomic mass is 79.9. The summed E-state index contributed by atoms with van der Waals surface area (Å²) in [7, 11) is 0. The number of aromatic nitrogens is 1. The van der Waals surface area contributed by atoms with Crippen molar-refractivity contribution < 1.29 is 0 Å². The third kappa shape index (κ3) is 3.13. The van der Waals surface area contributed by atoms with Crippen molar-refractivity contribution in [2.75, 3.05) is 6.54 Å². The molecule has 1 atom stereocenters. The van der Waals surface area contributed by atoms with Crippen molar-refractivity contribution in [3.05, 3.63) is 37.4 Å². The molecule has 0 saturated heterocycles. The second-order valence-electron chi connectivity index (χ2n) is 3.47. The standard InChI is InChI=1S/C11H13BrN2S2/c1-2-14-10(4-9-5-13-7-16-9)8-3-11(12)15-6-8/h3,5-7,10,14H,2,4H2,1H3. The molecule has 0 fully saturated rings. The van der Waals surface area contributed by atoms with Gasteiger partial charge in [-0.15, -0.1) is 22.7 Å². The van der Waals surface area contributed by atoms with Crippen LogP contribution in [0.2, 0.25) is 0 Å². The molecule has 86 valence electrons. The maximum atomic E-state index is 4.12. The maximum Gasteiger partial charge on any atom is 0.0794 e. The minimum atomic E-state index is 0.396. The molecule has 2 rings (SSSR count). The Morgan fingerprint density at radius 2 is 2.38 bits per heavy atom. The molecule has 0 aromatic carbocycles. The molecule has 2 aromatic heterocycles. The smallest absolute Gasteiger partial charge is 0.0794 e. The summed E-state index contributed by atoms with van der Waals surface area (Å²) in [6.45, 7) is 3.12. The Labute approximate surface area is 112 Å². The lowest BCUT2D eigenvalue weighted by Gasteiger charge is -2.15. The number of hydrogen-bond acceptors (Lipinski definition) is 4. The van der Waals surface area contributed by atoms with Gasteiger partial charge in [0.15, 0.2) is 0 Å². The van der Waals surface area contributed by atoms with E-state index in [1.807, 2.05) is 11.7 Å². The lowest BCUT2D eigenvalue weighted by Crippen LogP contribution is -2.22. The summed E-state index contributed by atoms with van der Waals surface area (Å²) in [4.78, 5) is 5.45. The largest absolute Gasteiger partial charge is 0.310 e. The third-order valence-corrected chi connectivity index (χ3v) is 4.65. The normalized spacial score (nSPS) is 12.9. The van der Waals surface area contributed by atoms with Crippen LogP contribution in [-0.2, 0) is 6.42 Å². The zero-order valence-corrected chi connectivity index (χ0v) is 12.2. The molecule has 2 aromatic rings. The quantitative estimate of drug-likeness (QED) is 0.906. The minimum absolute atomic E-state index is 0.396. The molecule has 16 heavy (non-hydrogen) atoms. The Hall–Kier alpha value is -0.230. The molecule has 0 saturated carbocycles. The molecular weight excluding hydrogens is 304 g/mol. The van der Waals surface area contributed by atoms with E-state index in [4.69, 9.17) is 0 Å². The molecule has 0 aliphatic heterocycles. The highest BCUT2D eigenvalue weighted by Gasteiger charge is 2.13. The first-order valence-corrected chi connectivity index (χ1v) is 7.69. The lowest BCUT2D eigenvalue weighted by molar-refractivity contribution is 0.554. The minimum Gasteiger partial charge on any atom is -0.310 e. The van der Waals surface area contributed by atoms with Crippen LogP contribution in [0.5, 0.6) is 0 Å². The monoisotopic (exact) mass is 316 g/mol. The molecular formula is C11H13BrN2S2. The summed E-state index contributed by atoms with van der Waals surface area (Å²) >= 11 is 6.97. The molecule has 1 N–H and O–H groups in total. The van der Waals surface area contributed by atoms with Crippen molar-refractivity contribution in [1.82, 2.24) is 10.3 Å². The Morgan fingerprint density at radius 1 is 1.50 bits per heavy atom. The summed E-state index contributed by atoms with van der Waals surface area (Å²) in [5.74, 6) is 0. The van der Waals surface area contributed by atoms with E-state index >= 15 is 0 Å². The summed E-state index contributed by atoms with van der Waals surface area (Å²) in [6, 6.07) is 2.59. The van der Waals surface area contributed by atoms with Gasteiger partial charge in [0.1, 0.15) is 0 Å². The predicted molar refractivity (Wildman–Crippen MR) is 74.3 cm³/mol. The van der Waals surface area contributed by atoms with Crippen LogP contribution in [-0.4, -0.2) is 11.5 Å². The zero-order chi connectivity index (χ0) is 11.4. The second-order valence-corrected chi connectivity index (χ2v) is 6.73. The Bertz CT molecular complexity index is 425. The van der Waals surface area contributed by atoms with Gasteiger partial charge in [0.05, 0.1) is 9.30 Å². The molecule has 0 spiro atoms. The zero-order valence-electron chi connectivity index (χ0n) is 8.94. The van der Waals surface area contributed by atoms with E-state index in [1.54, 1.807) is 22.7 Å². The number of nitrogens with one attached hydrogen (secondary N) is 1. The average Bonchev–Trinajstić information content (AvgIpc) is 2.88. The Morgan fingerprint density at radius 3 is 2.94 bits per heavy atom. The van der Waals surface area contributed by atoms with Gasteiger partial charge in [-0.3, -0.25) is 4.98 Å². The molecule has 0 radical (unpaired) electrons. The molecule has 2 nitrogen and oxygen atoms in total. The van der Waals surface area contributed by atoms with Crippen molar-refractivity contribution in [1.29, 1.82) is 0 Å².